The van der Waals surface area contributed by atoms with Gasteiger partial charge in [-0.2, -0.15) is 11.8 Å². The molecule has 0 bridgehead atoms. The molecule has 0 aliphatic carbocycles. The predicted molar refractivity (Wildman–Crippen MR) is 122 cm³/mol. The van der Waals surface area contributed by atoms with Gasteiger partial charge < -0.3 is 24.3 Å². The maximum Gasteiger partial charge on any atom is 0.222 e. The fourth-order valence-corrected chi connectivity index (χ4v) is 3.19. The van der Waals surface area contributed by atoms with E-state index in [1.807, 2.05) is 0 Å². The van der Waals surface area contributed by atoms with E-state index in [9.17, 15) is 9.59 Å². The van der Waals surface area contributed by atoms with Gasteiger partial charge in [0.15, 0.2) is 5.78 Å². The number of ether oxygens (including phenoxy) is 4. The molecule has 1 N–H and O–H groups in total. The molecule has 0 aromatic heterocycles. The summed E-state index contributed by atoms with van der Waals surface area (Å²) in [6.07, 6.45) is 2.30. The molecule has 1 amide bonds. The standard InChI is InChI=1S/C22H43NO6S/c1-18(2)8-11-28-15-16-29-12-9-22(25)23-20(17-30-19(3)4)21(24)7-6-10-27-14-13-26-5/h18-20H,6-17H2,1-5H3,(H,23,25). The van der Waals surface area contributed by atoms with Crippen LogP contribution in [0.2, 0.25) is 0 Å². The maximum absolute atomic E-state index is 12.5. The lowest BCUT2D eigenvalue weighted by Gasteiger charge is -2.19. The van der Waals surface area contributed by atoms with E-state index in [1.165, 1.54) is 0 Å². The fourth-order valence-electron chi connectivity index (χ4n) is 2.34. The molecule has 0 aromatic rings. The Kier molecular flexibility index (Phi) is 19.8. The Morgan fingerprint density at radius 1 is 0.833 bits per heavy atom. The zero-order chi connectivity index (χ0) is 22.6. The highest BCUT2D eigenvalue weighted by Crippen LogP contribution is 2.12. The third kappa shape index (κ3) is 19.3. The van der Waals surface area contributed by atoms with E-state index in [1.54, 1.807) is 18.9 Å². The highest BCUT2D eigenvalue weighted by molar-refractivity contribution is 7.99. The monoisotopic (exact) mass is 449 g/mol. The average molecular weight is 450 g/mol. The van der Waals surface area contributed by atoms with E-state index in [0.29, 0.717) is 69.4 Å². The van der Waals surface area contributed by atoms with Crippen LogP contribution < -0.4 is 5.32 Å². The largest absolute Gasteiger partial charge is 0.382 e. The van der Waals surface area contributed by atoms with Crippen LogP contribution >= 0.6 is 11.8 Å². The number of hydrogen-bond donors (Lipinski definition) is 1. The molecule has 1 unspecified atom stereocenters. The lowest BCUT2D eigenvalue weighted by atomic mass is 10.1. The van der Waals surface area contributed by atoms with E-state index in [2.05, 4.69) is 33.0 Å². The Hall–Kier alpha value is -0.670. The second kappa shape index (κ2) is 20.2. The van der Waals surface area contributed by atoms with Crippen LogP contribution in [-0.2, 0) is 28.5 Å². The second-order valence-corrected chi connectivity index (χ2v) is 9.44. The topological polar surface area (TPSA) is 83.1 Å². The number of rotatable bonds is 21. The van der Waals surface area contributed by atoms with Gasteiger partial charge in [-0.1, -0.05) is 27.7 Å². The van der Waals surface area contributed by atoms with Gasteiger partial charge in [0.2, 0.25) is 5.91 Å². The van der Waals surface area contributed by atoms with Crippen molar-refractivity contribution in [1.29, 1.82) is 0 Å². The molecule has 30 heavy (non-hydrogen) atoms. The number of carbonyl (C=O) groups excluding carboxylic acids is 2. The van der Waals surface area contributed by atoms with Crippen LogP contribution in [0.4, 0.5) is 0 Å². The molecule has 0 spiro atoms. The van der Waals surface area contributed by atoms with Crippen molar-refractivity contribution in [2.45, 2.75) is 64.7 Å². The van der Waals surface area contributed by atoms with Crippen molar-refractivity contribution in [1.82, 2.24) is 5.32 Å². The number of carbonyl (C=O) groups is 2. The van der Waals surface area contributed by atoms with Gasteiger partial charge in [-0.25, -0.2) is 0 Å². The summed E-state index contributed by atoms with van der Waals surface area (Å²) in [5, 5.41) is 3.27. The van der Waals surface area contributed by atoms with Crippen molar-refractivity contribution in [3.8, 4) is 0 Å². The molecule has 0 saturated heterocycles. The second-order valence-electron chi connectivity index (χ2n) is 7.83. The molecule has 0 radical (unpaired) electrons. The molecule has 8 heteroatoms. The zero-order valence-corrected chi connectivity index (χ0v) is 20.4. The Labute approximate surface area is 187 Å². The Morgan fingerprint density at radius 2 is 1.47 bits per heavy atom. The summed E-state index contributed by atoms with van der Waals surface area (Å²) in [5.41, 5.74) is 0. The molecule has 0 saturated carbocycles. The van der Waals surface area contributed by atoms with Gasteiger partial charge in [0.1, 0.15) is 0 Å². The van der Waals surface area contributed by atoms with Crippen molar-refractivity contribution in [2.75, 3.05) is 59.1 Å². The summed E-state index contributed by atoms with van der Waals surface area (Å²) in [6, 6.07) is -0.469. The van der Waals surface area contributed by atoms with Crippen molar-refractivity contribution in [3.63, 3.8) is 0 Å². The lowest BCUT2D eigenvalue weighted by molar-refractivity contribution is -0.128. The molecule has 0 aromatic carbocycles. The van der Waals surface area contributed by atoms with Crippen LogP contribution in [0.5, 0.6) is 0 Å². The van der Waals surface area contributed by atoms with E-state index < -0.39 is 6.04 Å². The van der Waals surface area contributed by atoms with Crippen LogP contribution in [-0.4, -0.2) is 82.1 Å². The number of amides is 1. The highest BCUT2D eigenvalue weighted by Gasteiger charge is 2.20. The summed E-state index contributed by atoms with van der Waals surface area (Å²) in [7, 11) is 1.62. The summed E-state index contributed by atoms with van der Waals surface area (Å²) >= 11 is 1.67. The fraction of sp³-hybridized carbons (Fsp3) is 0.909. The highest BCUT2D eigenvalue weighted by atomic mass is 32.2. The zero-order valence-electron chi connectivity index (χ0n) is 19.6. The Bertz CT molecular complexity index is 434. The number of hydrogen-bond acceptors (Lipinski definition) is 7. The third-order valence-electron chi connectivity index (χ3n) is 4.15. The normalized spacial score (nSPS) is 12.5. The van der Waals surface area contributed by atoms with E-state index in [4.69, 9.17) is 18.9 Å². The van der Waals surface area contributed by atoms with Crippen LogP contribution in [0.25, 0.3) is 0 Å². The van der Waals surface area contributed by atoms with Crippen LogP contribution in [0.15, 0.2) is 0 Å². The van der Waals surface area contributed by atoms with E-state index in [0.717, 1.165) is 13.0 Å². The van der Waals surface area contributed by atoms with Gasteiger partial charge in [-0.05, 0) is 24.0 Å². The minimum Gasteiger partial charge on any atom is -0.382 e. The summed E-state index contributed by atoms with van der Waals surface area (Å²) in [5.74, 6) is 1.10. The van der Waals surface area contributed by atoms with Crippen molar-refractivity contribution >= 4 is 23.5 Å². The van der Waals surface area contributed by atoms with Crippen molar-refractivity contribution in [3.05, 3.63) is 0 Å². The molecule has 7 nitrogen and oxygen atoms in total. The summed E-state index contributed by atoms with van der Waals surface area (Å²) < 4.78 is 21.3. The van der Waals surface area contributed by atoms with Crippen LogP contribution in [0.1, 0.15) is 53.4 Å². The predicted octanol–water partition coefficient (Wildman–Crippen LogP) is 3.09. The number of nitrogens with one attached hydrogen (secondary N) is 1. The smallest absolute Gasteiger partial charge is 0.222 e. The van der Waals surface area contributed by atoms with E-state index in [-0.39, 0.29) is 18.1 Å². The molecule has 1 atom stereocenters. The SMILES string of the molecule is COCCOCCCC(=O)C(CSC(C)C)NC(=O)CCOCCOCCC(C)C. The summed E-state index contributed by atoms with van der Waals surface area (Å²) in [4.78, 5) is 24.8. The van der Waals surface area contributed by atoms with E-state index >= 15 is 0 Å². The van der Waals surface area contributed by atoms with Gasteiger partial charge in [0, 0.05) is 38.9 Å². The Morgan fingerprint density at radius 3 is 2.10 bits per heavy atom. The first-order valence-electron chi connectivity index (χ1n) is 11.0. The molecule has 178 valence electrons. The van der Waals surface area contributed by atoms with Crippen molar-refractivity contribution in [2.24, 2.45) is 5.92 Å². The summed E-state index contributed by atoms with van der Waals surface area (Å²) in [6.45, 7) is 12.1. The molecule has 0 aliphatic rings. The van der Waals surface area contributed by atoms with Gasteiger partial charge in [-0.3, -0.25) is 9.59 Å². The molecule has 0 rings (SSSR count). The van der Waals surface area contributed by atoms with Crippen LogP contribution in [0, 0.1) is 5.92 Å². The Balaban J connectivity index is 4.08. The minimum atomic E-state index is -0.469. The van der Waals surface area contributed by atoms with Gasteiger partial charge >= 0.3 is 0 Å². The van der Waals surface area contributed by atoms with Gasteiger partial charge in [0.25, 0.3) is 0 Å². The van der Waals surface area contributed by atoms with Crippen LogP contribution in [0.3, 0.4) is 0 Å². The number of ketones is 1. The number of Topliss-reactive ketones (excluding diaryl/α,β-unsaturated/α-hetero) is 1. The van der Waals surface area contributed by atoms with Gasteiger partial charge in [-0.15, -0.1) is 0 Å². The maximum atomic E-state index is 12.5. The number of thioether (sulfide) groups is 1. The first-order valence-corrected chi connectivity index (χ1v) is 12.1. The number of methoxy groups -OCH3 is 1. The first kappa shape index (κ1) is 29.3. The third-order valence-corrected chi connectivity index (χ3v) is 5.34. The molecule has 0 aliphatic heterocycles. The average Bonchev–Trinajstić information content (AvgIpc) is 2.69. The molecular weight excluding hydrogens is 406 g/mol. The first-order chi connectivity index (χ1) is 14.4. The lowest BCUT2D eigenvalue weighted by Crippen LogP contribution is -2.43. The molecular formula is C22H43NO6S. The van der Waals surface area contributed by atoms with Gasteiger partial charge in [0.05, 0.1) is 39.1 Å². The minimum absolute atomic E-state index is 0.0475. The molecule has 0 fully saturated rings. The quantitative estimate of drug-likeness (QED) is 0.270. The molecule has 0 heterocycles. The van der Waals surface area contributed by atoms with Crippen molar-refractivity contribution < 1.29 is 28.5 Å².